The summed E-state index contributed by atoms with van der Waals surface area (Å²) in [6.45, 7) is 6.92. The van der Waals surface area contributed by atoms with E-state index in [0.717, 1.165) is 5.56 Å². The first kappa shape index (κ1) is 21.0. The van der Waals surface area contributed by atoms with Crippen LogP contribution in [0.3, 0.4) is 0 Å². The Morgan fingerprint density at radius 2 is 1.86 bits per heavy atom. The van der Waals surface area contributed by atoms with Crippen molar-refractivity contribution >= 4 is 29.1 Å². The van der Waals surface area contributed by atoms with Crippen molar-refractivity contribution in [3.05, 3.63) is 52.5 Å². The summed E-state index contributed by atoms with van der Waals surface area (Å²) in [6.07, 6.45) is 0.600. The minimum atomic E-state index is -0.511. The van der Waals surface area contributed by atoms with E-state index >= 15 is 0 Å². The monoisotopic (exact) mass is 416 g/mol. The van der Waals surface area contributed by atoms with Gasteiger partial charge in [-0.3, -0.25) is 9.59 Å². The lowest BCUT2D eigenvalue weighted by Crippen LogP contribution is -2.28. The van der Waals surface area contributed by atoms with Crippen LogP contribution in [0, 0.1) is 5.41 Å². The molecule has 1 aliphatic heterocycles. The van der Waals surface area contributed by atoms with Crippen molar-refractivity contribution in [2.45, 2.75) is 27.2 Å². The fraction of sp³-hybridized carbons (Fsp3) is 0.364. The number of hydrogen-bond donors (Lipinski definition) is 2. The summed E-state index contributed by atoms with van der Waals surface area (Å²) in [6, 6.07) is 10.6. The van der Waals surface area contributed by atoms with Gasteiger partial charge in [-0.25, -0.2) is 0 Å². The van der Waals surface area contributed by atoms with Crippen LogP contribution in [-0.4, -0.2) is 31.6 Å². The maximum absolute atomic E-state index is 12.5. The van der Waals surface area contributed by atoms with Crippen molar-refractivity contribution < 1.29 is 19.1 Å². The van der Waals surface area contributed by atoms with Gasteiger partial charge in [-0.2, -0.15) is 0 Å². The first-order chi connectivity index (χ1) is 13.7. The third-order valence-electron chi connectivity index (χ3n) is 4.42. The zero-order valence-corrected chi connectivity index (χ0v) is 17.6. The summed E-state index contributed by atoms with van der Waals surface area (Å²) in [7, 11) is 0. The van der Waals surface area contributed by atoms with E-state index in [-0.39, 0.29) is 11.8 Å². The number of anilines is 1. The smallest absolute Gasteiger partial charge is 0.251 e. The van der Waals surface area contributed by atoms with Gasteiger partial charge in [0.05, 0.1) is 5.02 Å². The van der Waals surface area contributed by atoms with Gasteiger partial charge in [-0.05, 0) is 42.3 Å². The molecule has 1 aliphatic rings. The van der Waals surface area contributed by atoms with Crippen molar-refractivity contribution in [2.24, 2.45) is 5.41 Å². The number of hydrogen-bond acceptors (Lipinski definition) is 4. The van der Waals surface area contributed by atoms with Crippen LogP contribution in [0.25, 0.3) is 0 Å². The Balaban J connectivity index is 1.58. The highest BCUT2D eigenvalue weighted by Crippen LogP contribution is 2.38. The SMILES string of the molecule is CC(C)(C)C(=O)Nc1cccc(C(=O)NCCc2cc(Cl)c3c(c2)OCCO3)c1. The molecule has 0 atom stereocenters. The molecular formula is C22H25ClN2O4. The van der Waals surface area contributed by atoms with E-state index in [4.69, 9.17) is 21.1 Å². The number of carbonyl (C=O) groups is 2. The maximum Gasteiger partial charge on any atom is 0.251 e. The molecule has 0 unspecified atom stereocenters. The van der Waals surface area contributed by atoms with E-state index in [9.17, 15) is 9.59 Å². The van der Waals surface area contributed by atoms with E-state index in [1.165, 1.54) is 0 Å². The van der Waals surface area contributed by atoms with Gasteiger partial charge in [0.15, 0.2) is 11.5 Å². The summed E-state index contributed by atoms with van der Waals surface area (Å²) >= 11 is 6.25. The van der Waals surface area contributed by atoms with E-state index < -0.39 is 5.41 Å². The molecule has 2 aromatic rings. The predicted octanol–water partition coefficient (Wildman–Crippen LogP) is 4.07. The van der Waals surface area contributed by atoms with Crippen LogP contribution < -0.4 is 20.1 Å². The Labute approximate surface area is 175 Å². The molecular weight excluding hydrogens is 392 g/mol. The molecule has 0 spiro atoms. The van der Waals surface area contributed by atoms with Crippen molar-refractivity contribution in [1.82, 2.24) is 5.32 Å². The van der Waals surface area contributed by atoms with Crippen LogP contribution in [0.15, 0.2) is 36.4 Å². The highest BCUT2D eigenvalue weighted by Gasteiger charge is 2.21. The van der Waals surface area contributed by atoms with Gasteiger partial charge in [0.1, 0.15) is 13.2 Å². The largest absolute Gasteiger partial charge is 0.486 e. The number of rotatable bonds is 5. The molecule has 0 fully saturated rings. The molecule has 0 bridgehead atoms. The van der Waals surface area contributed by atoms with Crippen molar-refractivity contribution in [3.8, 4) is 11.5 Å². The Bertz CT molecular complexity index is 922. The summed E-state index contributed by atoms with van der Waals surface area (Å²) in [5.74, 6) is 0.887. The normalized spacial score (nSPS) is 13.0. The summed E-state index contributed by atoms with van der Waals surface area (Å²) < 4.78 is 11.1. The number of fused-ring (bicyclic) bond motifs is 1. The number of carbonyl (C=O) groups excluding carboxylic acids is 2. The third-order valence-corrected chi connectivity index (χ3v) is 4.70. The molecule has 3 rings (SSSR count). The molecule has 2 amide bonds. The van der Waals surface area contributed by atoms with Crippen LogP contribution >= 0.6 is 11.6 Å². The first-order valence-electron chi connectivity index (χ1n) is 9.52. The Kier molecular flexibility index (Phi) is 6.33. The van der Waals surface area contributed by atoms with Gasteiger partial charge >= 0.3 is 0 Å². The fourth-order valence-corrected chi connectivity index (χ4v) is 3.08. The van der Waals surface area contributed by atoms with Crippen LogP contribution in [0.1, 0.15) is 36.7 Å². The Morgan fingerprint density at radius 1 is 1.10 bits per heavy atom. The lowest BCUT2D eigenvalue weighted by molar-refractivity contribution is -0.123. The molecule has 0 radical (unpaired) electrons. The number of halogens is 1. The topological polar surface area (TPSA) is 76.7 Å². The standard InChI is InChI=1S/C22H25ClN2O4/c1-22(2,3)21(27)25-16-6-4-5-15(13-16)20(26)24-8-7-14-11-17(23)19-18(12-14)28-9-10-29-19/h4-6,11-13H,7-10H2,1-3H3,(H,24,26)(H,25,27). The summed E-state index contributed by atoms with van der Waals surface area (Å²) in [5.41, 5.74) is 1.52. The average Bonchev–Trinajstić information content (AvgIpc) is 2.67. The van der Waals surface area contributed by atoms with Crippen LogP contribution in [-0.2, 0) is 11.2 Å². The first-order valence-corrected chi connectivity index (χ1v) is 9.89. The average molecular weight is 417 g/mol. The van der Waals surface area contributed by atoms with Gasteiger partial charge in [-0.15, -0.1) is 0 Å². The lowest BCUT2D eigenvalue weighted by atomic mass is 9.95. The highest BCUT2D eigenvalue weighted by atomic mass is 35.5. The molecule has 0 aliphatic carbocycles. The zero-order chi connectivity index (χ0) is 21.0. The molecule has 0 saturated carbocycles. The minimum Gasteiger partial charge on any atom is -0.486 e. The van der Waals surface area contributed by atoms with Gasteiger partial charge < -0.3 is 20.1 Å². The van der Waals surface area contributed by atoms with Crippen LogP contribution in [0.4, 0.5) is 5.69 Å². The third kappa shape index (κ3) is 5.41. The molecule has 0 saturated heterocycles. The van der Waals surface area contributed by atoms with Crippen molar-refractivity contribution in [1.29, 1.82) is 0 Å². The predicted molar refractivity (Wildman–Crippen MR) is 113 cm³/mol. The number of benzene rings is 2. The van der Waals surface area contributed by atoms with Gasteiger partial charge in [-0.1, -0.05) is 38.4 Å². The maximum atomic E-state index is 12.5. The molecule has 7 heteroatoms. The van der Waals surface area contributed by atoms with E-state index in [1.807, 2.05) is 32.9 Å². The van der Waals surface area contributed by atoms with Crippen molar-refractivity contribution in [2.75, 3.05) is 25.1 Å². The number of nitrogens with one attached hydrogen (secondary N) is 2. The molecule has 2 aromatic carbocycles. The molecule has 29 heavy (non-hydrogen) atoms. The molecule has 6 nitrogen and oxygen atoms in total. The lowest BCUT2D eigenvalue weighted by Gasteiger charge is -2.20. The number of amides is 2. The van der Waals surface area contributed by atoms with Crippen LogP contribution in [0.2, 0.25) is 5.02 Å². The second-order valence-corrected chi connectivity index (χ2v) is 8.30. The van der Waals surface area contributed by atoms with E-state index in [2.05, 4.69) is 10.6 Å². The quantitative estimate of drug-likeness (QED) is 0.770. The van der Waals surface area contributed by atoms with Crippen LogP contribution in [0.5, 0.6) is 11.5 Å². The minimum absolute atomic E-state index is 0.106. The number of ether oxygens (including phenoxy) is 2. The molecule has 2 N–H and O–H groups in total. The fourth-order valence-electron chi connectivity index (χ4n) is 2.79. The van der Waals surface area contributed by atoms with E-state index in [1.54, 1.807) is 24.3 Å². The molecule has 1 heterocycles. The Hall–Kier alpha value is -2.73. The summed E-state index contributed by atoms with van der Waals surface area (Å²) in [5, 5.41) is 6.23. The molecule has 154 valence electrons. The zero-order valence-electron chi connectivity index (χ0n) is 16.8. The highest BCUT2D eigenvalue weighted by molar-refractivity contribution is 6.32. The van der Waals surface area contributed by atoms with E-state index in [0.29, 0.717) is 54.0 Å². The second-order valence-electron chi connectivity index (χ2n) is 7.89. The van der Waals surface area contributed by atoms with Gasteiger partial charge in [0.25, 0.3) is 5.91 Å². The summed E-state index contributed by atoms with van der Waals surface area (Å²) in [4.78, 5) is 24.6. The second kappa shape index (κ2) is 8.74. The Morgan fingerprint density at radius 3 is 2.62 bits per heavy atom. The van der Waals surface area contributed by atoms with Crippen molar-refractivity contribution in [3.63, 3.8) is 0 Å². The van der Waals surface area contributed by atoms with Gasteiger partial charge in [0.2, 0.25) is 5.91 Å². The van der Waals surface area contributed by atoms with Gasteiger partial charge in [0, 0.05) is 23.2 Å². The molecule has 0 aromatic heterocycles.